The van der Waals surface area contributed by atoms with Gasteiger partial charge in [0.05, 0.1) is 13.2 Å². The Morgan fingerprint density at radius 1 is 1.24 bits per heavy atom. The van der Waals surface area contributed by atoms with Crippen LogP contribution in [0.4, 0.5) is 0 Å². The lowest BCUT2D eigenvalue weighted by Gasteiger charge is -2.27. The quantitative estimate of drug-likeness (QED) is 0.0990. The molecule has 0 aliphatic carbocycles. The third-order valence-corrected chi connectivity index (χ3v) is 4.36. The molecule has 10 N–H and O–H groups in total. The summed E-state index contributed by atoms with van der Waals surface area (Å²) in [6.45, 7) is -0.526. The number of carbonyl (C=O) groups excluding carboxylic acids is 3. The Hall–Kier alpha value is -2.93. The highest BCUT2D eigenvalue weighted by Gasteiger charge is 2.37. The van der Waals surface area contributed by atoms with Crippen LogP contribution in [0.25, 0.3) is 0 Å². The molecule has 1 fully saturated rings. The molecule has 0 bridgehead atoms. The number of aliphatic imine (C=N–C) groups is 1. The van der Waals surface area contributed by atoms with Crippen LogP contribution in [0.1, 0.15) is 25.7 Å². The van der Waals surface area contributed by atoms with E-state index in [1.54, 1.807) is 0 Å². The van der Waals surface area contributed by atoms with Crippen LogP contribution in [0, 0.1) is 0 Å². The minimum atomic E-state index is -1.17. The first-order valence-electron chi connectivity index (χ1n) is 9.19. The highest BCUT2D eigenvalue weighted by molar-refractivity contribution is 5.92. The predicted octanol–water partition coefficient (Wildman–Crippen LogP) is -3.96. The maximum Gasteiger partial charge on any atom is 0.326 e. The lowest BCUT2D eigenvalue weighted by Crippen LogP contribution is -2.54. The smallest absolute Gasteiger partial charge is 0.326 e. The summed E-state index contributed by atoms with van der Waals surface area (Å²) in [6, 6.07) is -3.11. The van der Waals surface area contributed by atoms with Gasteiger partial charge in [0.2, 0.25) is 17.7 Å². The van der Waals surface area contributed by atoms with E-state index in [0.29, 0.717) is 19.3 Å². The number of aliphatic hydroxyl groups excluding tert-OH is 1. The molecule has 164 valence electrons. The minimum Gasteiger partial charge on any atom is -0.480 e. The minimum absolute atomic E-state index is 0.106. The maximum absolute atomic E-state index is 12.8. The molecule has 13 nitrogen and oxygen atoms in total. The van der Waals surface area contributed by atoms with Crippen LogP contribution in [0.3, 0.4) is 0 Å². The number of nitrogens with two attached hydrogens (primary N) is 3. The molecule has 0 saturated carbocycles. The molecule has 1 saturated heterocycles. The molecule has 0 radical (unpaired) electrons. The summed E-state index contributed by atoms with van der Waals surface area (Å²) < 4.78 is 0. The Bertz CT molecular complexity index is 637. The summed E-state index contributed by atoms with van der Waals surface area (Å²) >= 11 is 0. The van der Waals surface area contributed by atoms with Gasteiger partial charge >= 0.3 is 5.97 Å². The summed E-state index contributed by atoms with van der Waals surface area (Å²) in [5.74, 6) is -3.11. The summed E-state index contributed by atoms with van der Waals surface area (Å²) in [7, 11) is 0. The zero-order valence-corrected chi connectivity index (χ0v) is 16.0. The van der Waals surface area contributed by atoms with E-state index in [1.165, 1.54) is 4.90 Å². The fraction of sp³-hybridized carbons (Fsp3) is 0.688. The van der Waals surface area contributed by atoms with Crippen molar-refractivity contribution in [2.75, 3.05) is 26.2 Å². The number of carboxylic acid groups (broad SMARTS) is 1. The highest BCUT2D eigenvalue weighted by Crippen LogP contribution is 2.19. The van der Waals surface area contributed by atoms with E-state index in [4.69, 9.17) is 22.3 Å². The van der Waals surface area contributed by atoms with Gasteiger partial charge in [-0.3, -0.25) is 19.4 Å². The number of nitrogens with one attached hydrogen (secondary N) is 2. The largest absolute Gasteiger partial charge is 0.480 e. The van der Waals surface area contributed by atoms with Crippen LogP contribution in [0.2, 0.25) is 0 Å². The van der Waals surface area contributed by atoms with Crippen molar-refractivity contribution in [3.05, 3.63) is 0 Å². The number of hydrogen-bond acceptors (Lipinski definition) is 7. The number of carbonyl (C=O) groups is 4. The molecular weight excluding hydrogens is 386 g/mol. The van der Waals surface area contributed by atoms with Crippen molar-refractivity contribution >= 4 is 29.7 Å². The molecule has 3 amide bonds. The van der Waals surface area contributed by atoms with E-state index in [-0.39, 0.29) is 25.5 Å². The number of amides is 3. The van der Waals surface area contributed by atoms with Crippen LogP contribution in [0.5, 0.6) is 0 Å². The number of likely N-dealkylation sites (tertiary alicyclic amines) is 1. The zero-order chi connectivity index (χ0) is 22.0. The van der Waals surface area contributed by atoms with Crippen LogP contribution in [0.15, 0.2) is 4.99 Å². The summed E-state index contributed by atoms with van der Waals surface area (Å²) in [5, 5.41) is 22.9. The molecule has 0 aromatic carbocycles. The van der Waals surface area contributed by atoms with Gasteiger partial charge in [-0.1, -0.05) is 0 Å². The first kappa shape index (κ1) is 24.1. The van der Waals surface area contributed by atoms with Crippen LogP contribution >= 0.6 is 0 Å². The zero-order valence-electron chi connectivity index (χ0n) is 16.0. The van der Waals surface area contributed by atoms with E-state index in [2.05, 4.69) is 15.6 Å². The Labute approximate surface area is 167 Å². The van der Waals surface area contributed by atoms with Crippen molar-refractivity contribution < 1.29 is 29.4 Å². The average molecular weight is 415 g/mol. The number of carboxylic acids is 1. The van der Waals surface area contributed by atoms with Crippen molar-refractivity contribution in [3.63, 3.8) is 0 Å². The first-order chi connectivity index (χ1) is 13.7. The molecule has 1 aliphatic heterocycles. The van der Waals surface area contributed by atoms with E-state index in [9.17, 15) is 24.3 Å². The molecule has 3 unspecified atom stereocenters. The SMILES string of the molecule is NC(N)=NCCCC(NC(=O)CNC(=O)C(N)CO)C(=O)N1CCCC1C(=O)O. The van der Waals surface area contributed by atoms with Crippen LogP contribution < -0.4 is 27.8 Å². The van der Waals surface area contributed by atoms with Crippen molar-refractivity contribution in [1.82, 2.24) is 15.5 Å². The van der Waals surface area contributed by atoms with E-state index in [0.717, 1.165) is 0 Å². The van der Waals surface area contributed by atoms with Gasteiger partial charge in [-0.25, -0.2) is 4.79 Å². The molecule has 0 spiro atoms. The van der Waals surface area contributed by atoms with Gasteiger partial charge in [0.25, 0.3) is 0 Å². The number of rotatable bonds is 11. The number of hydrogen-bond donors (Lipinski definition) is 7. The number of aliphatic hydroxyl groups is 1. The van der Waals surface area contributed by atoms with Gasteiger partial charge in [0.1, 0.15) is 18.1 Å². The van der Waals surface area contributed by atoms with Crippen molar-refractivity contribution in [2.24, 2.45) is 22.2 Å². The standard InChI is InChI=1S/C16H29N7O6/c17-9(8-24)13(26)21-7-12(25)22-10(3-1-5-20-16(18)19)14(27)23-6-2-4-11(23)15(28)29/h9-11,24H,1-8,17H2,(H,21,26)(H,22,25)(H,28,29)(H4,18,19,20). The second-order valence-electron chi connectivity index (χ2n) is 6.60. The Kier molecular flexibility index (Phi) is 9.82. The second-order valence-corrected chi connectivity index (χ2v) is 6.60. The second kappa shape index (κ2) is 11.8. The summed E-state index contributed by atoms with van der Waals surface area (Å²) in [5.41, 5.74) is 15.8. The summed E-state index contributed by atoms with van der Waals surface area (Å²) in [6.07, 6.45) is 1.42. The first-order valence-corrected chi connectivity index (χ1v) is 9.19. The molecular formula is C16H29N7O6. The van der Waals surface area contributed by atoms with E-state index < -0.39 is 55.0 Å². The average Bonchev–Trinajstić information content (AvgIpc) is 3.17. The third-order valence-electron chi connectivity index (χ3n) is 4.36. The summed E-state index contributed by atoms with van der Waals surface area (Å²) in [4.78, 5) is 52.9. The van der Waals surface area contributed by atoms with Crippen LogP contribution in [-0.4, -0.2) is 89.1 Å². The fourth-order valence-corrected chi connectivity index (χ4v) is 2.88. The van der Waals surface area contributed by atoms with Crippen molar-refractivity contribution in [2.45, 2.75) is 43.8 Å². The van der Waals surface area contributed by atoms with Crippen molar-refractivity contribution in [3.8, 4) is 0 Å². The Morgan fingerprint density at radius 2 is 1.93 bits per heavy atom. The molecule has 13 heteroatoms. The maximum atomic E-state index is 12.8. The lowest BCUT2D eigenvalue weighted by molar-refractivity contribution is -0.149. The molecule has 3 atom stereocenters. The Morgan fingerprint density at radius 3 is 2.52 bits per heavy atom. The molecule has 1 heterocycles. The predicted molar refractivity (Wildman–Crippen MR) is 102 cm³/mol. The van der Waals surface area contributed by atoms with Gasteiger partial charge in [-0.2, -0.15) is 0 Å². The highest BCUT2D eigenvalue weighted by atomic mass is 16.4. The third kappa shape index (κ3) is 7.91. The van der Waals surface area contributed by atoms with Gasteiger partial charge in [0.15, 0.2) is 5.96 Å². The van der Waals surface area contributed by atoms with Gasteiger partial charge in [0, 0.05) is 13.1 Å². The van der Waals surface area contributed by atoms with E-state index in [1.807, 2.05) is 0 Å². The molecule has 1 rings (SSSR count). The number of nitrogens with zero attached hydrogens (tertiary/aromatic N) is 2. The molecule has 0 aromatic heterocycles. The van der Waals surface area contributed by atoms with Gasteiger partial charge < -0.3 is 42.9 Å². The molecule has 1 aliphatic rings. The number of aliphatic carboxylic acids is 1. The fourth-order valence-electron chi connectivity index (χ4n) is 2.88. The normalized spacial score (nSPS) is 17.9. The number of guanidine groups is 1. The molecule has 0 aromatic rings. The van der Waals surface area contributed by atoms with Gasteiger partial charge in [-0.15, -0.1) is 0 Å². The van der Waals surface area contributed by atoms with Crippen LogP contribution in [-0.2, 0) is 19.2 Å². The van der Waals surface area contributed by atoms with Crippen molar-refractivity contribution in [1.29, 1.82) is 0 Å². The van der Waals surface area contributed by atoms with E-state index >= 15 is 0 Å². The van der Waals surface area contributed by atoms with Gasteiger partial charge in [-0.05, 0) is 25.7 Å². The lowest BCUT2D eigenvalue weighted by atomic mass is 10.1. The topological polar surface area (TPSA) is 226 Å². The Balaban J connectivity index is 2.75. The molecule has 29 heavy (non-hydrogen) atoms. The monoisotopic (exact) mass is 415 g/mol.